The Morgan fingerprint density at radius 1 is 1.33 bits per heavy atom. The van der Waals surface area contributed by atoms with Gasteiger partial charge in [0.25, 0.3) is 0 Å². The third-order valence-corrected chi connectivity index (χ3v) is 3.85. The highest BCUT2D eigenvalue weighted by molar-refractivity contribution is 7.10. The zero-order chi connectivity index (χ0) is 12.5. The number of hydrogen-bond acceptors (Lipinski definition) is 4. The molecule has 0 atom stereocenters. The fraction of sp³-hybridized carbons (Fsp3) is 0.250. The average Bonchev–Trinajstić information content (AvgIpc) is 2.95. The fourth-order valence-electron chi connectivity index (χ4n) is 2.01. The van der Waals surface area contributed by atoms with Crippen LogP contribution in [0.4, 0.5) is 0 Å². The van der Waals surface area contributed by atoms with E-state index in [0.717, 1.165) is 29.0 Å². The predicted octanol–water partition coefficient (Wildman–Crippen LogP) is 3.15. The standard InChI is InChI=1S/C12H11ClN4S/c1-2-11-14-8-5-3-4-6-10(8)17(11)7-9-12(13)18-16-15-9/h3-6H,2,7H2,1H3. The molecule has 2 aromatic heterocycles. The Hall–Kier alpha value is -1.46. The van der Waals surface area contributed by atoms with Crippen LogP contribution in [0.1, 0.15) is 18.4 Å². The van der Waals surface area contributed by atoms with Gasteiger partial charge in [-0.3, -0.25) is 0 Å². The Bertz CT molecular complexity index is 688. The average molecular weight is 279 g/mol. The van der Waals surface area contributed by atoms with Gasteiger partial charge in [0.1, 0.15) is 15.9 Å². The second kappa shape index (κ2) is 4.66. The first kappa shape index (κ1) is 11.6. The van der Waals surface area contributed by atoms with Crippen molar-refractivity contribution in [3.05, 3.63) is 40.1 Å². The second-order valence-electron chi connectivity index (χ2n) is 3.95. The predicted molar refractivity (Wildman–Crippen MR) is 73.1 cm³/mol. The molecule has 2 heterocycles. The van der Waals surface area contributed by atoms with Gasteiger partial charge in [0.15, 0.2) is 0 Å². The maximum Gasteiger partial charge on any atom is 0.139 e. The van der Waals surface area contributed by atoms with Crippen molar-refractivity contribution in [1.82, 2.24) is 19.1 Å². The normalized spacial score (nSPS) is 11.2. The van der Waals surface area contributed by atoms with Crippen molar-refractivity contribution in [2.45, 2.75) is 19.9 Å². The molecule has 0 N–H and O–H groups in total. The first-order valence-corrected chi connectivity index (χ1v) is 6.85. The first-order chi connectivity index (χ1) is 8.79. The van der Waals surface area contributed by atoms with Gasteiger partial charge in [-0.15, -0.1) is 5.10 Å². The maximum atomic E-state index is 6.06. The van der Waals surface area contributed by atoms with Gasteiger partial charge in [0.05, 0.1) is 17.6 Å². The molecule has 0 spiro atoms. The highest BCUT2D eigenvalue weighted by Gasteiger charge is 2.12. The van der Waals surface area contributed by atoms with Crippen LogP contribution in [0.3, 0.4) is 0 Å². The summed E-state index contributed by atoms with van der Waals surface area (Å²) in [6.07, 6.45) is 0.879. The summed E-state index contributed by atoms with van der Waals surface area (Å²) in [5.41, 5.74) is 2.92. The largest absolute Gasteiger partial charge is 0.322 e. The van der Waals surface area contributed by atoms with Crippen LogP contribution in [0.2, 0.25) is 4.34 Å². The van der Waals surface area contributed by atoms with Gasteiger partial charge in [-0.1, -0.05) is 35.1 Å². The summed E-state index contributed by atoms with van der Waals surface area (Å²) in [6, 6.07) is 8.10. The SMILES string of the molecule is CCc1nc2ccccc2n1Cc1nnsc1Cl. The first-order valence-electron chi connectivity index (χ1n) is 5.70. The van der Waals surface area contributed by atoms with Crippen LogP contribution in [0.5, 0.6) is 0 Å². The van der Waals surface area contributed by atoms with E-state index in [-0.39, 0.29) is 0 Å². The molecule has 0 saturated carbocycles. The summed E-state index contributed by atoms with van der Waals surface area (Å²) in [6.45, 7) is 2.72. The molecule has 0 saturated heterocycles. The minimum absolute atomic E-state index is 0.624. The van der Waals surface area contributed by atoms with Crippen LogP contribution in [0.15, 0.2) is 24.3 Å². The van der Waals surface area contributed by atoms with Crippen LogP contribution >= 0.6 is 23.1 Å². The van der Waals surface area contributed by atoms with Gasteiger partial charge in [-0.25, -0.2) is 4.98 Å². The van der Waals surface area contributed by atoms with E-state index in [4.69, 9.17) is 11.6 Å². The van der Waals surface area contributed by atoms with E-state index in [2.05, 4.69) is 32.1 Å². The summed E-state index contributed by atoms with van der Waals surface area (Å²) in [5, 5.41) is 4.06. The number of aryl methyl sites for hydroxylation is 1. The number of fused-ring (bicyclic) bond motifs is 1. The van der Waals surface area contributed by atoms with E-state index >= 15 is 0 Å². The quantitative estimate of drug-likeness (QED) is 0.739. The van der Waals surface area contributed by atoms with Crippen LogP contribution in [-0.2, 0) is 13.0 Å². The van der Waals surface area contributed by atoms with Crippen molar-refractivity contribution in [3.63, 3.8) is 0 Å². The zero-order valence-electron chi connectivity index (χ0n) is 9.80. The number of halogens is 1. The lowest BCUT2D eigenvalue weighted by molar-refractivity contribution is 0.733. The molecule has 0 aliphatic carbocycles. The highest BCUT2D eigenvalue weighted by atomic mass is 35.5. The zero-order valence-corrected chi connectivity index (χ0v) is 11.4. The minimum atomic E-state index is 0.624. The summed E-state index contributed by atoms with van der Waals surface area (Å²) >= 11 is 7.28. The smallest absolute Gasteiger partial charge is 0.139 e. The van der Waals surface area contributed by atoms with Crippen molar-refractivity contribution in [2.75, 3.05) is 0 Å². The van der Waals surface area contributed by atoms with Gasteiger partial charge >= 0.3 is 0 Å². The van der Waals surface area contributed by atoms with Gasteiger partial charge < -0.3 is 4.57 Å². The third-order valence-electron chi connectivity index (χ3n) is 2.87. The molecule has 3 aromatic rings. The number of hydrogen-bond donors (Lipinski definition) is 0. The molecule has 1 aromatic carbocycles. The van der Waals surface area contributed by atoms with E-state index < -0.39 is 0 Å². The molecule has 92 valence electrons. The van der Waals surface area contributed by atoms with Crippen molar-refractivity contribution in [1.29, 1.82) is 0 Å². The molecule has 0 aliphatic rings. The Balaban J connectivity index is 2.12. The molecule has 0 amide bonds. The van der Waals surface area contributed by atoms with Gasteiger partial charge in [0, 0.05) is 18.0 Å². The molecule has 0 bridgehead atoms. The number of rotatable bonds is 3. The fourth-order valence-corrected chi connectivity index (χ4v) is 2.62. The van der Waals surface area contributed by atoms with Crippen LogP contribution in [0.25, 0.3) is 11.0 Å². The van der Waals surface area contributed by atoms with E-state index in [1.165, 1.54) is 11.5 Å². The molecule has 3 rings (SSSR count). The number of nitrogens with zero attached hydrogens (tertiary/aromatic N) is 4. The summed E-state index contributed by atoms with van der Waals surface area (Å²) < 4.78 is 6.66. The molecule has 18 heavy (non-hydrogen) atoms. The highest BCUT2D eigenvalue weighted by Crippen LogP contribution is 2.22. The van der Waals surface area contributed by atoms with Crippen LogP contribution < -0.4 is 0 Å². The summed E-state index contributed by atoms with van der Waals surface area (Å²) in [7, 11) is 0. The number of imidazole rings is 1. The van der Waals surface area contributed by atoms with Gasteiger partial charge in [-0.2, -0.15) is 0 Å². The number of para-hydroxylation sites is 2. The Labute approximate surface area is 113 Å². The molecule has 6 heteroatoms. The van der Waals surface area contributed by atoms with E-state index in [9.17, 15) is 0 Å². The number of aromatic nitrogens is 4. The van der Waals surface area contributed by atoms with Gasteiger partial charge in [-0.05, 0) is 12.1 Å². The lowest BCUT2D eigenvalue weighted by atomic mass is 10.3. The van der Waals surface area contributed by atoms with Crippen LogP contribution in [-0.4, -0.2) is 19.1 Å². The maximum absolute atomic E-state index is 6.06. The topological polar surface area (TPSA) is 43.6 Å². The molecule has 4 nitrogen and oxygen atoms in total. The monoisotopic (exact) mass is 278 g/mol. The van der Waals surface area contributed by atoms with Crippen molar-refractivity contribution in [2.24, 2.45) is 0 Å². The van der Waals surface area contributed by atoms with Crippen molar-refractivity contribution in [3.8, 4) is 0 Å². The van der Waals surface area contributed by atoms with Crippen molar-refractivity contribution < 1.29 is 0 Å². The Morgan fingerprint density at radius 2 is 2.17 bits per heavy atom. The molecule has 0 aliphatic heterocycles. The van der Waals surface area contributed by atoms with Crippen molar-refractivity contribution >= 4 is 34.2 Å². The molecule has 0 radical (unpaired) electrons. The molecular formula is C12H11ClN4S. The second-order valence-corrected chi connectivity index (χ2v) is 5.31. The Kier molecular flexibility index (Phi) is 3.01. The lowest BCUT2D eigenvalue weighted by Crippen LogP contribution is -2.05. The lowest BCUT2D eigenvalue weighted by Gasteiger charge is -2.05. The minimum Gasteiger partial charge on any atom is -0.322 e. The van der Waals surface area contributed by atoms with E-state index in [1.54, 1.807) is 0 Å². The third kappa shape index (κ3) is 1.89. The molecule has 0 unspecified atom stereocenters. The van der Waals surface area contributed by atoms with E-state index in [0.29, 0.717) is 10.9 Å². The van der Waals surface area contributed by atoms with Gasteiger partial charge in [0.2, 0.25) is 0 Å². The molecule has 0 fully saturated rings. The van der Waals surface area contributed by atoms with Crippen LogP contribution in [0, 0.1) is 0 Å². The summed E-state index contributed by atoms with van der Waals surface area (Å²) in [4.78, 5) is 4.62. The molecular weight excluding hydrogens is 268 g/mol. The Morgan fingerprint density at radius 3 is 2.89 bits per heavy atom. The summed E-state index contributed by atoms with van der Waals surface area (Å²) in [5.74, 6) is 1.04. The van der Waals surface area contributed by atoms with E-state index in [1.807, 2.05) is 18.2 Å². The number of benzene rings is 1.